The molecule has 2 heterocycles. The molecule has 0 bridgehead atoms. The Morgan fingerprint density at radius 3 is 2.85 bits per heavy atom. The number of nitrogens with zero attached hydrogens (tertiary/aromatic N) is 2. The number of anilines is 1. The second kappa shape index (κ2) is 5.67. The van der Waals surface area contributed by atoms with Gasteiger partial charge in [-0.2, -0.15) is 0 Å². The number of aliphatic hydroxyl groups is 1. The summed E-state index contributed by atoms with van der Waals surface area (Å²) in [5.41, 5.74) is 1.95. The standard InChI is InChI=1S/C16H20N2O2/c1-2-13-8-12(11-19)9-16(17-13)18(14-5-6-14)10-15-4-3-7-20-15/h3-4,7-9,14,19H,2,5-6,10-11H2,1H3. The van der Waals surface area contributed by atoms with E-state index in [9.17, 15) is 5.11 Å². The number of hydrogen-bond donors (Lipinski definition) is 1. The van der Waals surface area contributed by atoms with Gasteiger partial charge < -0.3 is 14.4 Å². The van der Waals surface area contributed by atoms with Gasteiger partial charge in [0.1, 0.15) is 11.6 Å². The second-order valence-electron chi connectivity index (χ2n) is 5.28. The Kier molecular flexibility index (Phi) is 3.74. The fourth-order valence-corrected chi connectivity index (χ4v) is 2.41. The maximum atomic E-state index is 9.41. The maximum Gasteiger partial charge on any atom is 0.129 e. The third kappa shape index (κ3) is 2.85. The van der Waals surface area contributed by atoms with Crippen LogP contribution in [0.5, 0.6) is 0 Å². The van der Waals surface area contributed by atoms with Gasteiger partial charge in [0.15, 0.2) is 0 Å². The van der Waals surface area contributed by atoms with Crippen molar-refractivity contribution in [1.82, 2.24) is 4.98 Å². The van der Waals surface area contributed by atoms with Crippen LogP contribution >= 0.6 is 0 Å². The summed E-state index contributed by atoms with van der Waals surface area (Å²) in [6.07, 6.45) is 4.98. The van der Waals surface area contributed by atoms with Crippen molar-refractivity contribution in [3.8, 4) is 0 Å². The van der Waals surface area contributed by atoms with Crippen LogP contribution in [0.4, 0.5) is 5.82 Å². The Morgan fingerprint density at radius 1 is 1.40 bits per heavy atom. The zero-order valence-electron chi connectivity index (χ0n) is 11.7. The number of rotatable bonds is 6. The quantitative estimate of drug-likeness (QED) is 0.878. The van der Waals surface area contributed by atoms with Gasteiger partial charge in [0.05, 0.1) is 19.4 Å². The molecule has 0 unspecified atom stereocenters. The van der Waals surface area contributed by atoms with Crippen molar-refractivity contribution >= 4 is 5.82 Å². The zero-order chi connectivity index (χ0) is 13.9. The van der Waals surface area contributed by atoms with Crippen molar-refractivity contribution in [1.29, 1.82) is 0 Å². The number of pyridine rings is 1. The molecule has 1 fully saturated rings. The SMILES string of the molecule is CCc1cc(CO)cc(N(Cc2ccco2)C2CC2)n1. The van der Waals surface area contributed by atoms with Gasteiger partial charge in [-0.1, -0.05) is 6.92 Å². The fraction of sp³-hybridized carbons (Fsp3) is 0.438. The minimum Gasteiger partial charge on any atom is -0.467 e. The molecule has 0 amide bonds. The van der Waals surface area contributed by atoms with Crippen LogP contribution in [0.15, 0.2) is 34.9 Å². The van der Waals surface area contributed by atoms with Crippen LogP contribution in [-0.2, 0) is 19.6 Å². The van der Waals surface area contributed by atoms with Crippen molar-refractivity contribution in [2.24, 2.45) is 0 Å². The molecule has 1 aliphatic rings. The Balaban J connectivity index is 1.90. The monoisotopic (exact) mass is 272 g/mol. The van der Waals surface area contributed by atoms with Gasteiger partial charge in [-0.15, -0.1) is 0 Å². The van der Waals surface area contributed by atoms with Crippen molar-refractivity contribution in [2.45, 2.75) is 45.4 Å². The highest BCUT2D eigenvalue weighted by molar-refractivity contribution is 5.45. The van der Waals surface area contributed by atoms with E-state index in [1.165, 1.54) is 12.8 Å². The molecule has 0 aromatic carbocycles. The Morgan fingerprint density at radius 2 is 2.25 bits per heavy atom. The van der Waals surface area contributed by atoms with Gasteiger partial charge >= 0.3 is 0 Å². The molecule has 4 heteroatoms. The van der Waals surface area contributed by atoms with Crippen LogP contribution in [0.1, 0.15) is 36.8 Å². The average molecular weight is 272 g/mol. The van der Waals surface area contributed by atoms with Crippen LogP contribution < -0.4 is 4.90 Å². The lowest BCUT2D eigenvalue weighted by molar-refractivity contribution is 0.281. The Labute approximate surface area is 119 Å². The molecule has 0 spiro atoms. The van der Waals surface area contributed by atoms with Crippen molar-refractivity contribution in [3.63, 3.8) is 0 Å². The molecule has 2 aromatic heterocycles. The number of furan rings is 1. The molecule has 1 N–H and O–H groups in total. The van der Waals surface area contributed by atoms with E-state index in [2.05, 4.69) is 11.8 Å². The number of aryl methyl sites for hydroxylation is 1. The molecule has 1 saturated carbocycles. The largest absolute Gasteiger partial charge is 0.467 e. The van der Waals surface area contributed by atoms with E-state index in [0.717, 1.165) is 35.8 Å². The highest BCUT2D eigenvalue weighted by Gasteiger charge is 2.30. The van der Waals surface area contributed by atoms with Crippen LogP contribution in [0.25, 0.3) is 0 Å². The highest BCUT2D eigenvalue weighted by atomic mass is 16.3. The predicted octanol–water partition coefficient (Wildman–Crippen LogP) is 2.90. The molecule has 0 atom stereocenters. The summed E-state index contributed by atoms with van der Waals surface area (Å²) in [6.45, 7) is 2.88. The number of aromatic nitrogens is 1. The van der Waals surface area contributed by atoms with Gasteiger partial charge in [-0.05, 0) is 49.1 Å². The summed E-state index contributed by atoms with van der Waals surface area (Å²) in [4.78, 5) is 7.00. The van der Waals surface area contributed by atoms with Gasteiger partial charge in [0.2, 0.25) is 0 Å². The van der Waals surface area contributed by atoms with Gasteiger partial charge in [0, 0.05) is 11.7 Å². The van der Waals surface area contributed by atoms with E-state index in [1.54, 1.807) is 6.26 Å². The Hall–Kier alpha value is -1.81. The van der Waals surface area contributed by atoms with Gasteiger partial charge in [0.25, 0.3) is 0 Å². The van der Waals surface area contributed by atoms with Crippen LogP contribution in [-0.4, -0.2) is 16.1 Å². The molecule has 3 rings (SSSR count). The lowest BCUT2D eigenvalue weighted by Gasteiger charge is -2.23. The van der Waals surface area contributed by atoms with E-state index < -0.39 is 0 Å². The first-order chi connectivity index (χ1) is 9.80. The molecule has 0 saturated heterocycles. The van der Waals surface area contributed by atoms with Crippen LogP contribution in [0.2, 0.25) is 0 Å². The topological polar surface area (TPSA) is 49.5 Å². The normalized spacial score (nSPS) is 14.5. The lowest BCUT2D eigenvalue weighted by atomic mass is 10.2. The summed E-state index contributed by atoms with van der Waals surface area (Å²) in [5.74, 6) is 1.90. The lowest BCUT2D eigenvalue weighted by Crippen LogP contribution is -2.26. The van der Waals surface area contributed by atoms with E-state index in [1.807, 2.05) is 24.3 Å². The van der Waals surface area contributed by atoms with E-state index in [-0.39, 0.29) is 6.61 Å². The van der Waals surface area contributed by atoms with Gasteiger partial charge in [-0.3, -0.25) is 0 Å². The fourth-order valence-electron chi connectivity index (χ4n) is 2.41. The second-order valence-corrected chi connectivity index (χ2v) is 5.28. The van der Waals surface area contributed by atoms with Crippen LogP contribution in [0, 0.1) is 0 Å². The van der Waals surface area contributed by atoms with Crippen LogP contribution in [0.3, 0.4) is 0 Å². The maximum absolute atomic E-state index is 9.41. The molecule has 2 aromatic rings. The number of hydrogen-bond acceptors (Lipinski definition) is 4. The molecule has 4 nitrogen and oxygen atoms in total. The van der Waals surface area contributed by atoms with Gasteiger partial charge in [-0.25, -0.2) is 4.98 Å². The first-order valence-electron chi connectivity index (χ1n) is 7.20. The number of aliphatic hydroxyl groups excluding tert-OH is 1. The first kappa shape index (κ1) is 13.2. The van der Waals surface area contributed by atoms with E-state index in [4.69, 9.17) is 9.40 Å². The molecule has 0 aliphatic heterocycles. The van der Waals surface area contributed by atoms with Crippen molar-refractivity contribution in [2.75, 3.05) is 4.90 Å². The Bertz CT molecular complexity index is 540. The smallest absolute Gasteiger partial charge is 0.129 e. The molecule has 1 aliphatic carbocycles. The molecular weight excluding hydrogens is 252 g/mol. The highest BCUT2D eigenvalue weighted by Crippen LogP contribution is 2.32. The summed E-state index contributed by atoms with van der Waals surface area (Å²) < 4.78 is 5.46. The molecular formula is C16H20N2O2. The predicted molar refractivity (Wildman–Crippen MR) is 77.5 cm³/mol. The zero-order valence-corrected chi connectivity index (χ0v) is 11.7. The first-order valence-corrected chi connectivity index (χ1v) is 7.20. The summed E-state index contributed by atoms with van der Waals surface area (Å²) >= 11 is 0. The minimum atomic E-state index is 0.0573. The minimum absolute atomic E-state index is 0.0573. The third-order valence-corrected chi connectivity index (χ3v) is 3.66. The third-order valence-electron chi connectivity index (χ3n) is 3.66. The van der Waals surface area contributed by atoms with Crippen molar-refractivity contribution in [3.05, 3.63) is 47.5 Å². The summed E-state index contributed by atoms with van der Waals surface area (Å²) in [7, 11) is 0. The average Bonchev–Trinajstić information content (AvgIpc) is 3.20. The van der Waals surface area contributed by atoms with E-state index >= 15 is 0 Å². The summed E-state index contributed by atoms with van der Waals surface area (Å²) in [5, 5.41) is 9.41. The van der Waals surface area contributed by atoms with Crippen molar-refractivity contribution < 1.29 is 9.52 Å². The molecule has 20 heavy (non-hydrogen) atoms. The molecule has 106 valence electrons. The van der Waals surface area contributed by atoms with E-state index in [0.29, 0.717) is 6.04 Å². The summed E-state index contributed by atoms with van der Waals surface area (Å²) in [6, 6.07) is 8.41. The molecule has 0 radical (unpaired) electrons.